The van der Waals surface area contributed by atoms with Gasteiger partial charge in [0.05, 0.1) is 37.1 Å². The minimum atomic E-state index is -0.825. The van der Waals surface area contributed by atoms with E-state index in [9.17, 15) is 5.11 Å². The third-order valence-corrected chi connectivity index (χ3v) is 12.0. The van der Waals surface area contributed by atoms with Crippen molar-refractivity contribution in [2.24, 2.45) is 34.5 Å². The van der Waals surface area contributed by atoms with E-state index in [4.69, 9.17) is 28.4 Å². The fraction of sp³-hybridized carbons (Fsp3) is 1.00. The topological polar surface area (TPSA) is 78.9 Å². The second kappa shape index (κ2) is 7.16. The number of rotatable bonds is 6. The molecule has 34 heavy (non-hydrogen) atoms. The SMILES string of the molecule is CCN1C[C@]2(COC)CC[C@H](OC)[C@@]34[C@@H]5C[C@H]6[C@H](OC)[C@@H]5[C@@]5(C[C@@H]6OC)OCO[C@@]5([C@@H](O)[C@H]23)[C@@H]14. The maximum absolute atomic E-state index is 12.6. The van der Waals surface area contributed by atoms with Crippen LogP contribution in [0, 0.1) is 34.5 Å². The molecule has 8 heteroatoms. The lowest BCUT2D eigenvalue weighted by Gasteiger charge is -2.70. The third kappa shape index (κ3) is 2.05. The fourth-order valence-electron chi connectivity index (χ4n) is 11.7. The first-order valence-electron chi connectivity index (χ1n) is 13.2. The number of aliphatic hydroxyl groups is 1. The third-order valence-electron chi connectivity index (χ3n) is 12.0. The van der Waals surface area contributed by atoms with Gasteiger partial charge in [-0.05, 0) is 31.7 Å². The Morgan fingerprint density at radius 3 is 2.59 bits per heavy atom. The zero-order valence-electron chi connectivity index (χ0n) is 21.2. The predicted molar refractivity (Wildman–Crippen MR) is 121 cm³/mol. The summed E-state index contributed by atoms with van der Waals surface area (Å²) < 4.78 is 38.3. The molecule has 1 N–H and O–H groups in total. The van der Waals surface area contributed by atoms with Gasteiger partial charge in [-0.25, -0.2) is 0 Å². The van der Waals surface area contributed by atoms with Crippen molar-refractivity contribution >= 4 is 0 Å². The highest BCUT2D eigenvalue weighted by molar-refractivity contribution is 5.42. The van der Waals surface area contributed by atoms with Crippen LogP contribution in [0.3, 0.4) is 0 Å². The molecule has 7 bridgehead atoms. The molecule has 5 aliphatic carbocycles. The average Bonchev–Trinajstić information content (AvgIpc) is 3.42. The molecule has 0 aromatic heterocycles. The minimum Gasteiger partial charge on any atom is -0.390 e. The van der Waals surface area contributed by atoms with Gasteiger partial charge in [-0.2, -0.15) is 0 Å². The number of likely N-dealkylation sites (tertiary alicyclic amines) is 1. The van der Waals surface area contributed by atoms with E-state index in [1.54, 1.807) is 7.11 Å². The lowest BCUT2D eigenvalue weighted by atomic mass is 9.42. The van der Waals surface area contributed by atoms with Crippen LogP contribution in [-0.2, 0) is 28.4 Å². The van der Waals surface area contributed by atoms with Crippen LogP contribution >= 0.6 is 0 Å². The van der Waals surface area contributed by atoms with E-state index in [0.29, 0.717) is 18.4 Å². The van der Waals surface area contributed by atoms with Gasteiger partial charge in [-0.3, -0.25) is 4.90 Å². The van der Waals surface area contributed by atoms with Crippen LogP contribution in [0.25, 0.3) is 0 Å². The van der Waals surface area contributed by atoms with E-state index in [2.05, 4.69) is 11.8 Å². The maximum Gasteiger partial charge on any atom is 0.148 e. The Morgan fingerprint density at radius 1 is 1.09 bits per heavy atom. The molecule has 8 nitrogen and oxygen atoms in total. The van der Waals surface area contributed by atoms with Crippen molar-refractivity contribution in [1.29, 1.82) is 0 Å². The quantitative estimate of drug-likeness (QED) is 0.611. The number of aliphatic hydroxyl groups excluding tert-OH is 1. The van der Waals surface area contributed by atoms with Crippen LogP contribution < -0.4 is 0 Å². The number of hydrogen-bond acceptors (Lipinski definition) is 8. The monoisotopic (exact) mass is 479 g/mol. The molecular weight excluding hydrogens is 438 g/mol. The van der Waals surface area contributed by atoms with Crippen molar-refractivity contribution in [3.8, 4) is 0 Å². The summed E-state index contributed by atoms with van der Waals surface area (Å²) in [6.45, 7) is 4.93. The maximum atomic E-state index is 12.6. The van der Waals surface area contributed by atoms with Crippen LogP contribution in [-0.4, -0.2) is 107 Å². The van der Waals surface area contributed by atoms with Crippen LogP contribution in [0.5, 0.6) is 0 Å². The highest BCUT2D eigenvalue weighted by Gasteiger charge is 2.93. The summed E-state index contributed by atoms with van der Waals surface area (Å²) in [5, 5.41) is 12.6. The first kappa shape index (κ1) is 22.8. The van der Waals surface area contributed by atoms with E-state index in [1.165, 1.54) is 0 Å². The Hall–Kier alpha value is -0.320. The molecule has 0 aromatic rings. The van der Waals surface area contributed by atoms with Crippen molar-refractivity contribution in [2.75, 3.05) is 54.9 Å². The Bertz CT molecular complexity index is 859. The predicted octanol–water partition coefficient (Wildman–Crippen LogP) is 1.29. The van der Waals surface area contributed by atoms with E-state index in [-0.39, 0.29) is 53.8 Å². The zero-order chi connectivity index (χ0) is 23.7. The lowest BCUT2D eigenvalue weighted by molar-refractivity contribution is -0.287. The number of likely N-dealkylation sites (N-methyl/N-ethyl adjacent to an activating group) is 1. The van der Waals surface area contributed by atoms with E-state index in [1.807, 2.05) is 21.3 Å². The number of methoxy groups -OCH3 is 4. The van der Waals surface area contributed by atoms with Gasteiger partial charge < -0.3 is 33.5 Å². The summed E-state index contributed by atoms with van der Waals surface area (Å²) in [6.07, 6.45) is 3.20. The largest absolute Gasteiger partial charge is 0.390 e. The molecule has 0 amide bonds. The molecule has 13 atom stereocenters. The molecule has 0 unspecified atom stereocenters. The number of nitrogens with zero attached hydrogens (tertiary/aromatic N) is 1. The van der Waals surface area contributed by atoms with Crippen LogP contribution in [0.2, 0.25) is 0 Å². The molecule has 5 saturated carbocycles. The van der Waals surface area contributed by atoms with Gasteiger partial charge in [0.2, 0.25) is 0 Å². The van der Waals surface area contributed by atoms with Gasteiger partial charge >= 0.3 is 0 Å². The smallest absolute Gasteiger partial charge is 0.148 e. The molecule has 0 radical (unpaired) electrons. The highest BCUT2D eigenvalue weighted by atomic mass is 16.7. The normalized spacial score (nSPS) is 61.1. The molecule has 7 fully saturated rings. The zero-order valence-corrected chi connectivity index (χ0v) is 21.2. The molecule has 2 saturated heterocycles. The lowest BCUT2D eigenvalue weighted by Crippen LogP contribution is -2.81. The van der Waals surface area contributed by atoms with Crippen molar-refractivity contribution < 1.29 is 33.5 Å². The summed E-state index contributed by atoms with van der Waals surface area (Å²) in [5.41, 5.74) is -1.83. The molecule has 0 aromatic carbocycles. The summed E-state index contributed by atoms with van der Waals surface area (Å²) in [4.78, 5) is 2.61. The van der Waals surface area contributed by atoms with E-state index in [0.717, 1.165) is 38.8 Å². The highest BCUT2D eigenvalue weighted by Crippen LogP contribution is 2.82. The number of ether oxygens (including phenoxy) is 6. The standard InChI is InChI=1S/C26H41NO7/c1-6-27-11-23(12-29-2)8-7-17(31-4)25-15-9-14-16(30-3)10-24(18(15)19(14)32-5)26(22(25)27,34-13-33-24)21(28)20(23)25/h14-22,28H,6-13H2,1-5H3/t14-,15-,16+,17+,18-,19+,20-,21+,22+,23+,24-,25+,26+/m1/s1. The second-order valence-electron chi connectivity index (χ2n) is 12.2. The number of fused-ring (bicyclic) bond motifs is 1. The van der Waals surface area contributed by atoms with Crippen LogP contribution in [0.4, 0.5) is 0 Å². The van der Waals surface area contributed by atoms with E-state index < -0.39 is 17.3 Å². The molecule has 3 spiro atoms. The Morgan fingerprint density at radius 2 is 1.91 bits per heavy atom. The summed E-state index contributed by atoms with van der Waals surface area (Å²) in [6, 6.07) is 0.0378. The van der Waals surface area contributed by atoms with Gasteiger partial charge in [0.15, 0.2) is 0 Å². The van der Waals surface area contributed by atoms with Gasteiger partial charge in [0.1, 0.15) is 18.0 Å². The van der Waals surface area contributed by atoms with Crippen molar-refractivity contribution in [3.63, 3.8) is 0 Å². The van der Waals surface area contributed by atoms with Crippen molar-refractivity contribution in [1.82, 2.24) is 4.90 Å². The van der Waals surface area contributed by atoms with Crippen LogP contribution in [0.1, 0.15) is 32.6 Å². The second-order valence-corrected chi connectivity index (χ2v) is 12.2. The molecule has 7 rings (SSSR count). The van der Waals surface area contributed by atoms with E-state index >= 15 is 0 Å². The molecule has 2 aliphatic heterocycles. The van der Waals surface area contributed by atoms with Crippen molar-refractivity contribution in [3.05, 3.63) is 0 Å². The Kier molecular flexibility index (Phi) is 4.81. The van der Waals surface area contributed by atoms with Gasteiger partial charge in [-0.1, -0.05) is 6.92 Å². The minimum absolute atomic E-state index is 0.0240. The van der Waals surface area contributed by atoms with Crippen LogP contribution in [0.15, 0.2) is 0 Å². The first-order valence-corrected chi connectivity index (χ1v) is 13.2. The number of hydrogen-bond donors (Lipinski definition) is 1. The summed E-state index contributed by atoms with van der Waals surface area (Å²) >= 11 is 0. The Balaban J connectivity index is 1.55. The van der Waals surface area contributed by atoms with Crippen molar-refractivity contribution in [2.45, 2.75) is 74.3 Å². The average molecular weight is 480 g/mol. The molecule has 7 aliphatic rings. The first-order chi connectivity index (χ1) is 16.5. The molecule has 2 heterocycles. The molecule has 192 valence electrons. The molecular formula is C26H41NO7. The van der Waals surface area contributed by atoms with Gasteiger partial charge in [-0.15, -0.1) is 0 Å². The van der Waals surface area contributed by atoms with Gasteiger partial charge in [0.25, 0.3) is 0 Å². The Labute approximate surface area is 202 Å². The fourth-order valence-corrected chi connectivity index (χ4v) is 11.7. The summed E-state index contributed by atoms with van der Waals surface area (Å²) in [5.74, 6) is 0.813. The number of piperidine rings is 1. The van der Waals surface area contributed by atoms with Gasteiger partial charge in [0, 0.05) is 70.0 Å². The summed E-state index contributed by atoms with van der Waals surface area (Å²) in [7, 11) is 7.32.